The van der Waals surface area contributed by atoms with Crippen molar-refractivity contribution >= 4 is 6.08 Å². The van der Waals surface area contributed by atoms with E-state index in [-0.39, 0.29) is 23.9 Å². The molecule has 32 heavy (non-hydrogen) atoms. The van der Waals surface area contributed by atoms with Gasteiger partial charge in [-0.25, -0.2) is 0 Å². The molecule has 0 saturated heterocycles. The lowest BCUT2D eigenvalue weighted by atomic mass is 10.0. The van der Waals surface area contributed by atoms with Gasteiger partial charge in [0.1, 0.15) is 0 Å². The standard InChI is InChI=1S/C24H30O8/c1-4-5-8-30-9-6-7-15-10-19(29-3)24-20(11-15)31-23(21(14-25)32-24)16-12-17(26)22(27)18(13-16)28-2/h6-7,10-13,21,23,25-27H,4-5,8-9,14H2,1-3H3/t21-,23-/m0/s1. The Labute approximate surface area is 187 Å². The molecule has 0 amide bonds. The first-order valence-corrected chi connectivity index (χ1v) is 10.5. The molecule has 2 atom stereocenters. The first-order valence-electron chi connectivity index (χ1n) is 10.5. The third-order valence-corrected chi connectivity index (χ3v) is 5.10. The van der Waals surface area contributed by atoms with Crippen LogP contribution in [0.25, 0.3) is 6.08 Å². The molecule has 0 unspecified atom stereocenters. The van der Waals surface area contributed by atoms with Crippen LogP contribution in [0.1, 0.15) is 37.0 Å². The number of phenols is 2. The average Bonchev–Trinajstić information content (AvgIpc) is 2.81. The van der Waals surface area contributed by atoms with Crippen molar-refractivity contribution in [2.75, 3.05) is 34.0 Å². The summed E-state index contributed by atoms with van der Waals surface area (Å²) in [5.74, 6) is 0.638. The van der Waals surface area contributed by atoms with Crippen LogP contribution in [-0.2, 0) is 4.74 Å². The van der Waals surface area contributed by atoms with E-state index in [0.717, 1.165) is 25.0 Å². The number of unbranched alkanes of at least 4 members (excludes halogenated alkanes) is 1. The Bertz CT molecular complexity index is 940. The van der Waals surface area contributed by atoms with Gasteiger partial charge < -0.3 is 39.0 Å². The molecule has 1 heterocycles. The third-order valence-electron chi connectivity index (χ3n) is 5.10. The fourth-order valence-corrected chi connectivity index (χ4v) is 3.41. The number of benzene rings is 2. The zero-order valence-corrected chi connectivity index (χ0v) is 18.5. The van der Waals surface area contributed by atoms with E-state index >= 15 is 0 Å². The number of aliphatic hydroxyl groups is 1. The molecule has 3 rings (SSSR count). The largest absolute Gasteiger partial charge is 0.504 e. The van der Waals surface area contributed by atoms with Crippen LogP contribution in [0.4, 0.5) is 0 Å². The second kappa shape index (κ2) is 11.0. The van der Waals surface area contributed by atoms with Gasteiger partial charge in [0, 0.05) is 12.2 Å². The Kier molecular flexibility index (Phi) is 8.08. The van der Waals surface area contributed by atoms with Gasteiger partial charge in [0.15, 0.2) is 35.2 Å². The quantitative estimate of drug-likeness (QED) is 0.374. The predicted molar refractivity (Wildman–Crippen MR) is 119 cm³/mol. The molecular weight excluding hydrogens is 416 g/mol. The van der Waals surface area contributed by atoms with Gasteiger partial charge in [-0.15, -0.1) is 0 Å². The highest BCUT2D eigenvalue weighted by Crippen LogP contribution is 2.48. The molecule has 2 aromatic carbocycles. The average molecular weight is 446 g/mol. The molecule has 0 bridgehead atoms. The van der Waals surface area contributed by atoms with Crippen LogP contribution in [0, 0.1) is 0 Å². The van der Waals surface area contributed by atoms with Crippen molar-refractivity contribution < 1.29 is 39.0 Å². The molecular formula is C24H30O8. The second-order valence-electron chi connectivity index (χ2n) is 7.35. The summed E-state index contributed by atoms with van der Waals surface area (Å²) in [7, 11) is 2.91. The minimum atomic E-state index is -0.765. The van der Waals surface area contributed by atoms with Crippen LogP contribution in [-0.4, -0.2) is 55.5 Å². The number of aliphatic hydroxyl groups excluding tert-OH is 1. The first-order chi connectivity index (χ1) is 15.5. The highest BCUT2D eigenvalue weighted by atomic mass is 16.6. The molecule has 0 spiro atoms. The van der Waals surface area contributed by atoms with E-state index in [2.05, 4.69) is 6.92 Å². The maximum absolute atomic E-state index is 10.1. The minimum absolute atomic E-state index is 0.0865. The molecule has 1 aliphatic rings. The maximum Gasteiger partial charge on any atom is 0.204 e. The molecule has 2 aromatic rings. The summed E-state index contributed by atoms with van der Waals surface area (Å²) in [5, 5.41) is 29.9. The highest BCUT2D eigenvalue weighted by molar-refractivity contribution is 5.63. The Morgan fingerprint density at radius 3 is 2.50 bits per heavy atom. The Morgan fingerprint density at radius 2 is 1.81 bits per heavy atom. The summed E-state index contributed by atoms with van der Waals surface area (Å²) in [6.07, 6.45) is 4.41. The molecule has 0 radical (unpaired) electrons. The van der Waals surface area contributed by atoms with E-state index in [0.29, 0.717) is 29.4 Å². The van der Waals surface area contributed by atoms with Crippen LogP contribution in [0.5, 0.6) is 34.5 Å². The van der Waals surface area contributed by atoms with Crippen LogP contribution < -0.4 is 18.9 Å². The number of methoxy groups -OCH3 is 2. The number of ether oxygens (including phenoxy) is 5. The Balaban J connectivity index is 1.89. The molecule has 0 fully saturated rings. The van der Waals surface area contributed by atoms with E-state index in [1.807, 2.05) is 18.2 Å². The molecule has 0 saturated carbocycles. The van der Waals surface area contributed by atoms with Gasteiger partial charge in [0.05, 0.1) is 27.4 Å². The predicted octanol–water partition coefficient (Wildman–Crippen LogP) is 3.82. The van der Waals surface area contributed by atoms with Gasteiger partial charge in [-0.3, -0.25) is 0 Å². The molecule has 8 heteroatoms. The van der Waals surface area contributed by atoms with Crippen molar-refractivity contribution in [2.45, 2.75) is 32.0 Å². The van der Waals surface area contributed by atoms with E-state index in [1.165, 1.54) is 26.4 Å². The monoisotopic (exact) mass is 446 g/mol. The van der Waals surface area contributed by atoms with E-state index in [1.54, 1.807) is 6.07 Å². The van der Waals surface area contributed by atoms with Crippen molar-refractivity contribution in [2.24, 2.45) is 0 Å². The number of fused-ring (bicyclic) bond motifs is 1. The van der Waals surface area contributed by atoms with Crippen molar-refractivity contribution in [1.82, 2.24) is 0 Å². The second-order valence-corrected chi connectivity index (χ2v) is 7.35. The van der Waals surface area contributed by atoms with Crippen molar-refractivity contribution in [3.05, 3.63) is 41.5 Å². The number of rotatable bonds is 10. The zero-order chi connectivity index (χ0) is 23.1. The Morgan fingerprint density at radius 1 is 1.03 bits per heavy atom. The summed E-state index contributed by atoms with van der Waals surface area (Å²) < 4.78 is 28.3. The van der Waals surface area contributed by atoms with Gasteiger partial charge in [-0.05, 0) is 36.2 Å². The number of phenolic OH excluding ortho intramolecular Hbond substituents is 2. The molecule has 174 valence electrons. The van der Waals surface area contributed by atoms with E-state index < -0.39 is 12.2 Å². The smallest absolute Gasteiger partial charge is 0.204 e. The van der Waals surface area contributed by atoms with Crippen LogP contribution in [0.2, 0.25) is 0 Å². The summed E-state index contributed by atoms with van der Waals surface area (Å²) in [6, 6.07) is 6.51. The SMILES string of the molecule is CCCCOCC=Cc1cc(OC)c2c(c1)O[C@@H](c1cc(O)c(O)c(OC)c1)[C@H](CO)O2. The van der Waals surface area contributed by atoms with Crippen LogP contribution in [0.15, 0.2) is 30.3 Å². The molecule has 0 aromatic heterocycles. The fraction of sp³-hybridized carbons (Fsp3) is 0.417. The Hall–Kier alpha value is -3.10. The summed E-state index contributed by atoms with van der Waals surface area (Å²) in [5.41, 5.74) is 1.31. The van der Waals surface area contributed by atoms with Crippen LogP contribution in [0.3, 0.4) is 0 Å². The number of aromatic hydroxyl groups is 2. The molecule has 1 aliphatic heterocycles. The van der Waals surface area contributed by atoms with E-state index in [4.69, 9.17) is 23.7 Å². The lowest BCUT2D eigenvalue weighted by molar-refractivity contribution is -0.0142. The first kappa shape index (κ1) is 23.6. The van der Waals surface area contributed by atoms with Gasteiger partial charge in [-0.2, -0.15) is 0 Å². The normalized spacial score (nSPS) is 17.5. The lowest BCUT2D eigenvalue weighted by Crippen LogP contribution is -2.36. The highest BCUT2D eigenvalue weighted by Gasteiger charge is 2.35. The van der Waals surface area contributed by atoms with Gasteiger partial charge in [0.2, 0.25) is 11.5 Å². The number of hydrogen-bond donors (Lipinski definition) is 3. The van der Waals surface area contributed by atoms with Gasteiger partial charge in [0.25, 0.3) is 0 Å². The summed E-state index contributed by atoms with van der Waals surface area (Å²) in [6.45, 7) is 3.00. The zero-order valence-electron chi connectivity index (χ0n) is 18.5. The third kappa shape index (κ3) is 5.20. The maximum atomic E-state index is 10.1. The fourth-order valence-electron chi connectivity index (χ4n) is 3.41. The minimum Gasteiger partial charge on any atom is -0.504 e. The lowest BCUT2D eigenvalue weighted by Gasteiger charge is -2.34. The van der Waals surface area contributed by atoms with Crippen molar-refractivity contribution in [1.29, 1.82) is 0 Å². The van der Waals surface area contributed by atoms with Gasteiger partial charge in [-0.1, -0.05) is 25.5 Å². The van der Waals surface area contributed by atoms with Crippen molar-refractivity contribution in [3.63, 3.8) is 0 Å². The summed E-state index contributed by atoms with van der Waals surface area (Å²) >= 11 is 0. The molecule has 3 N–H and O–H groups in total. The van der Waals surface area contributed by atoms with Crippen molar-refractivity contribution in [3.8, 4) is 34.5 Å². The molecule has 8 nitrogen and oxygen atoms in total. The van der Waals surface area contributed by atoms with E-state index in [9.17, 15) is 15.3 Å². The molecule has 0 aliphatic carbocycles. The van der Waals surface area contributed by atoms with Crippen LogP contribution >= 0.6 is 0 Å². The number of hydrogen-bond acceptors (Lipinski definition) is 8. The summed E-state index contributed by atoms with van der Waals surface area (Å²) in [4.78, 5) is 0. The van der Waals surface area contributed by atoms with Gasteiger partial charge >= 0.3 is 0 Å². The topological polar surface area (TPSA) is 107 Å².